The average molecular weight is 312 g/mol. The molecule has 0 atom stereocenters. The molecule has 6 heteroatoms. The fourth-order valence-corrected chi connectivity index (χ4v) is 2.71. The summed E-state index contributed by atoms with van der Waals surface area (Å²) in [7, 11) is 1.90. The zero-order chi connectivity index (χ0) is 12.0. The van der Waals surface area contributed by atoms with E-state index in [1.165, 1.54) is 0 Å². The Morgan fingerprint density at radius 2 is 2.18 bits per heavy atom. The summed E-state index contributed by atoms with van der Waals surface area (Å²) in [6, 6.07) is 3.77. The van der Waals surface area contributed by atoms with Gasteiger partial charge in [-0.25, -0.2) is 4.98 Å². The topological polar surface area (TPSA) is 35.1 Å². The smallest absolute Gasteiger partial charge is 0.151 e. The number of nitrogens with zero attached hydrogens (tertiary/aromatic N) is 4. The largest absolute Gasteiger partial charge is 0.296 e. The number of aromatic nitrogens is 4. The Balaban J connectivity index is 2.36. The second-order valence-corrected chi connectivity index (χ2v) is 4.97. The lowest BCUT2D eigenvalue weighted by molar-refractivity contribution is 0.772. The van der Waals surface area contributed by atoms with Crippen molar-refractivity contribution in [1.82, 2.24) is 19.2 Å². The summed E-state index contributed by atoms with van der Waals surface area (Å²) in [6.07, 6.45) is 5.42. The van der Waals surface area contributed by atoms with E-state index in [0.717, 1.165) is 21.5 Å². The summed E-state index contributed by atoms with van der Waals surface area (Å²) < 4.78 is 4.63. The minimum absolute atomic E-state index is 0.658. The van der Waals surface area contributed by atoms with Gasteiger partial charge in [0.2, 0.25) is 0 Å². The van der Waals surface area contributed by atoms with E-state index in [4.69, 9.17) is 11.6 Å². The van der Waals surface area contributed by atoms with E-state index in [1.54, 1.807) is 10.9 Å². The van der Waals surface area contributed by atoms with Crippen LogP contribution in [0.2, 0.25) is 5.02 Å². The lowest BCUT2D eigenvalue weighted by atomic mass is 10.3. The van der Waals surface area contributed by atoms with Crippen molar-refractivity contribution in [2.45, 2.75) is 0 Å². The van der Waals surface area contributed by atoms with Gasteiger partial charge in [-0.05, 0) is 28.1 Å². The van der Waals surface area contributed by atoms with Crippen LogP contribution in [0.1, 0.15) is 0 Å². The second kappa shape index (κ2) is 3.85. The molecule has 3 aromatic rings. The van der Waals surface area contributed by atoms with Crippen LogP contribution in [-0.2, 0) is 7.05 Å². The molecule has 3 heterocycles. The summed E-state index contributed by atoms with van der Waals surface area (Å²) in [6.45, 7) is 0. The Bertz CT molecular complexity index is 701. The highest BCUT2D eigenvalue weighted by Gasteiger charge is 2.11. The highest BCUT2D eigenvalue weighted by Crippen LogP contribution is 2.27. The van der Waals surface area contributed by atoms with Crippen molar-refractivity contribution < 1.29 is 0 Å². The Kier molecular flexibility index (Phi) is 2.45. The molecule has 4 nitrogen and oxygen atoms in total. The van der Waals surface area contributed by atoms with Crippen LogP contribution in [0.15, 0.2) is 35.2 Å². The summed E-state index contributed by atoms with van der Waals surface area (Å²) in [4.78, 5) is 4.37. The van der Waals surface area contributed by atoms with Crippen molar-refractivity contribution >= 4 is 33.2 Å². The molecule has 0 aliphatic heterocycles. The average Bonchev–Trinajstić information content (AvgIpc) is 2.84. The Morgan fingerprint density at radius 1 is 1.35 bits per heavy atom. The summed E-state index contributed by atoms with van der Waals surface area (Å²) in [5.74, 6) is 0. The molecule has 0 aliphatic rings. The minimum Gasteiger partial charge on any atom is -0.296 e. The van der Waals surface area contributed by atoms with Crippen molar-refractivity contribution in [2.24, 2.45) is 7.05 Å². The van der Waals surface area contributed by atoms with Gasteiger partial charge < -0.3 is 0 Å². The van der Waals surface area contributed by atoms with Gasteiger partial charge >= 0.3 is 0 Å². The van der Waals surface area contributed by atoms with E-state index in [9.17, 15) is 0 Å². The third-order valence-corrected chi connectivity index (χ3v) is 3.40. The van der Waals surface area contributed by atoms with Crippen molar-refractivity contribution in [3.63, 3.8) is 0 Å². The first-order chi connectivity index (χ1) is 8.16. The molecule has 0 radical (unpaired) electrons. The van der Waals surface area contributed by atoms with Gasteiger partial charge in [-0.2, -0.15) is 5.10 Å². The van der Waals surface area contributed by atoms with Gasteiger partial charge in [-0.1, -0.05) is 11.6 Å². The van der Waals surface area contributed by atoms with Crippen molar-refractivity contribution in [3.8, 4) is 11.4 Å². The molecular formula is C11H8BrClN4. The van der Waals surface area contributed by atoms with Gasteiger partial charge in [-0.3, -0.25) is 9.08 Å². The van der Waals surface area contributed by atoms with Crippen LogP contribution in [-0.4, -0.2) is 19.2 Å². The van der Waals surface area contributed by atoms with E-state index >= 15 is 0 Å². The minimum atomic E-state index is 0.658. The first kappa shape index (κ1) is 10.8. The zero-order valence-corrected chi connectivity index (χ0v) is 11.3. The van der Waals surface area contributed by atoms with Crippen LogP contribution < -0.4 is 0 Å². The predicted molar refractivity (Wildman–Crippen MR) is 70.1 cm³/mol. The quantitative estimate of drug-likeness (QED) is 0.692. The monoisotopic (exact) mass is 310 g/mol. The number of fused-ring (bicyclic) bond motifs is 1. The van der Waals surface area contributed by atoms with E-state index in [-0.39, 0.29) is 0 Å². The van der Waals surface area contributed by atoms with Crippen LogP contribution in [0, 0.1) is 0 Å². The number of pyridine rings is 1. The van der Waals surface area contributed by atoms with Gasteiger partial charge in [0, 0.05) is 19.4 Å². The van der Waals surface area contributed by atoms with Crippen LogP contribution in [0.25, 0.3) is 17.0 Å². The summed E-state index contributed by atoms with van der Waals surface area (Å²) in [5, 5.41) is 4.81. The second-order valence-electron chi connectivity index (χ2n) is 3.68. The third kappa shape index (κ3) is 1.66. The molecular weight excluding hydrogens is 304 g/mol. The molecule has 0 saturated carbocycles. The first-order valence-electron chi connectivity index (χ1n) is 4.97. The predicted octanol–water partition coefficient (Wildman–Crippen LogP) is 3.15. The molecule has 0 aromatic carbocycles. The van der Waals surface area contributed by atoms with Crippen LogP contribution in [0.5, 0.6) is 0 Å². The van der Waals surface area contributed by atoms with Gasteiger partial charge in [-0.15, -0.1) is 0 Å². The van der Waals surface area contributed by atoms with Crippen LogP contribution >= 0.6 is 27.5 Å². The molecule has 0 unspecified atom stereocenters. The molecule has 0 saturated heterocycles. The molecule has 0 N–H and O–H groups in total. The molecule has 0 spiro atoms. The molecule has 0 aliphatic carbocycles. The number of aryl methyl sites for hydroxylation is 1. The Hall–Kier alpha value is -1.33. The molecule has 3 rings (SSSR count). The molecule has 0 fully saturated rings. The van der Waals surface area contributed by atoms with Gasteiger partial charge in [0.25, 0.3) is 0 Å². The van der Waals surface area contributed by atoms with Crippen molar-refractivity contribution in [2.75, 3.05) is 0 Å². The van der Waals surface area contributed by atoms with Crippen molar-refractivity contribution in [1.29, 1.82) is 0 Å². The lowest BCUT2D eigenvalue weighted by Crippen LogP contribution is -1.96. The maximum Gasteiger partial charge on any atom is 0.151 e. The number of imidazole rings is 1. The highest BCUT2D eigenvalue weighted by molar-refractivity contribution is 9.10. The van der Waals surface area contributed by atoms with E-state index in [1.807, 2.05) is 36.0 Å². The molecule has 0 bridgehead atoms. The molecule has 0 amide bonds. The van der Waals surface area contributed by atoms with E-state index in [0.29, 0.717) is 5.02 Å². The normalized spacial score (nSPS) is 11.2. The Morgan fingerprint density at radius 3 is 2.88 bits per heavy atom. The maximum absolute atomic E-state index is 6.05. The molecule has 86 valence electrons. The maximum atomic E-state index is 6.05. The number of halogens is 2. The first-order valence-corrected chi connectivity index (χ1v) is 6.14. The van der Waals surface area contributed by atoms with E-state index in [2.05, 4.69) is 26.0 Å². The zero-order valence-electron chi connectivity index (χ0n) is 8.93. The molecule has 3 aromatic heterocycles. The lowest BCUT2D eigenvalue weighted by Gasteiger charge is -2.03. The summed E-state index contributed by atoms with van der Waals surface area (Å²) in [5.41, 5.74) is 2.79. The van der Waals surface area contributed by atoms with Crippen LogP contribution in [0.3, 0.4) is 0 Å². The van der Waals surface area contributed by atoms with Gasteiger partial charge in [0.05, 0.1) is 27.1 Å². The van der Waals surface area contributed by atoms with E-state index < -0.39 is 0 Å². The standard InChI is InChI=1S/C11H8BrClN4/c1-16-9(2-3-15-16)10-5-14-11-8(12)4-7(13)6-17(10)11/h2-6H,1H3. The number of rotatable bonds is 1. The highest BCUT2D eigenvalue weighted by atomic mass is 79.9. The van der Waals surface area contributed by atoms with Crippen molar-refractivity contribution in [3.05, 3.63) is 40.2 Å². The number of hydrogen-bond donors (Lipinski definition) is 0. The molecule has 17 heavy (non-hydrogen) atoms. The van der Waals surface area contributed by atoms with Gasteiger partial charge in [0.15, 0.2) is 5.65 Å². The summed E-state index contributed by atoms with van der Waals surface area (Å²) >= 11 is 9.51. The SMILES string of the molecule is Cn1nccc1-c1cnc2c(Br)cc(Cl)cn12. The fraction of sp³-hybridized carbons (Fsp3) is 0.0909. The van der Waals surface area contributed by atoms with Gasteiger partial charge in [0.1, 0.15) is 0 Å². The fourth-order valence-electron chi connectivity index (χ4n) is 1.83. The Labute approximate surface area is 111 Å². The number of hydrogen-bond acceptors (Lipinski definition) is 2. The van der Waals surface area contributed by atoms with Crippen LogP contribution in [0.4, 0.5) is 0 Å². The third-order valence-electron chi connectivity index (χ3n) is 2.61.